The second-order valence-electron chi connectivity index (χ2n) is 13.4. The monoisotopic (exact) mass is 478 g/mol. The minimum absolute atomic E-state index is 0.00498. The maximum Gasteiger partial charge on any atom is 0.174 e. The Morgan fingerprint density at radius 2 is 1.68 bits per heavy atom. The van der Waals surface area contributed by atoms with E-state index in [9.17, 15) is 25.2 Å². The summed E-state index contributed by atoms with van der Waals surface area (Å²) in [5, 5.41) is 43.0. The van der Waals surface area contributed by atoms with E-state index in [4.69, 9.17) is 9.47 Å². The van der Waals surface area contributed by atoms with Gasteiger partial charge in [0, 0.05) is 36.5 Å². The van der Waals surface area contributed by atoms with Crippen molar-refractivity contribution < 1.29 is 34.7 Å². The van der Waals surface area contributed by atoms with Crippen LogP contribution in [0, 0.1) is 46.3 Å². The second-order valence-corrected chi connectivity index (χ2v) is 13.4. The van der Waals surface area contributed by atoms with Crippen LogP contribution in [0.4, 0.5) is 0 Å². The van der Waals surface area contributed by atoms with Gasteiger partial charge in [-0.3, -0.25) is 4.79 Å². The Bertz CT molecular complexity index is 879. The molecule has 1 spiro atoms. The van der Waals surface area contributed by atoms with E-state index in [0.29, 0.717) is 31.3 Å². The number of fused-ring (bicyclic) bond motifs is 7. The molecular formula is C27H42O7. The van der Waals surface area contributed by atoms with Gasteiger partial charge in [-0.1, -0.05) is 27.7 Å². The van der Waals surface area contributed by atoms with E-state index >= 15 is 0 Å². The van der Waals surface area contributed by atoms with Crippen LogP contribution in [0.1, 0.15) is 72.6 Å². The van der Waals surface area contributed by atoms with Gasteiger partial charge in [0.1, 0.15) is 5.60 Å². The first kappa shape index (κ1) is 23.8. The maximum atomic E-state index is 13.5. The average Bonchev–Trinajstić information content (AvgIpc) is 3.20. The van der Waals surface area contributed by atoms with Gasteiger partial charge < -0.3 is 29.9 Å². The normalized spacial score (nSPS) is 63.2. The largest absolute Gasteiger partial charge is 0.393 e. The van der Waals surface area contributed by atoms with Crippen LogP contribution in [0.5, 0.6) is 0 Å². The Kier molecular flexibility index (Phi) is 5.08. The summed E-state index contributed by atoms with van der Waals surface area (Å²) in [6.07, 6.45) is 1.46. The summed E-state index contributed by atoms with van der Waals surface area (Å²) in [5.74, 6) is 0.277. The Hall–Kier alpha value is -0.570. The highest BCUT2D eigenvalue weighted by atomic mass is 16.7. The van der Waals surface area contributed by atoms with Crippen molar-refractivity contribution in [3.63, 3.8) is 0 Å². The standard InChI is InChI=1S/C27H42O7/c1-13-12-33-27(11-18(13)28)14(2)23-21(34-27)8-17-15-7-22(31)26(32)10-20(30)19(29)9-25(26,4)16(15)5-6-24(17,23)3/h13-21,23,28-30,32H,5-12H2,1-4H3/t13-,14-,15+,16-,17-,18-,19+,20+,21-,23-,24-,25+,26+,27+/m0/s1. The molecule has 0 unspecified atom stereocenters. The maximum absolute atomic E-state index is 13.5. The summed E-state index contributed by atoms with van der Waals surface area (Å²) in [6, 6.07) is 0. The average molecular weight is 479 g/mol. The molecule has 192 valence electrons. The zero-order chi connectivity index (χ0) is 24.4. The molecule has 0 aromatic heterocycles. The molecule has 0 radical (unpaired) electrons. The van der Waals surface area contributed by atoms with E-state index in [-0.39, 0.29) is 53.8 Å². The Balaban J connectivity index is 1.30. The SMILES string of the molecule is C[C@H]1CO[C@]2(C[C@@H]1O)O[C@H]1C[C@H]3[C@@H]4CC(=O)[C@]5(O)C[C@@H](O)[C@H](O)C[C@]5(C)[C@H]4CC[C@]3(C)[C@H]1[C@@H]2C. The summed E-state index contributed by atoms with van der Waals surface area (Å²) >= 11 is 0. The van der Waals surface area contributed by atoms with Gasteiger partial charge in [-0.05, 0) is 54.8 Å². The van der Waals surface area contributed by atoms with Crippen LogP contribution in [0.2, 0.25) is 0 Å². The molecule has 34 heavy (non-hydrogen) atoms. The lowest BCUT2D eigenvalue weighted by molar-refractivity contribution is -0.291. The molecule has 0 aromatic rings. The number of aliphatic hydroxyl groups is 4. The molecule has 14 atom stereocenters. The van der Waals surface area contributed by atoms with E-state index in [2.05, 4.69) is 13.8 Å². The first-order valence-electron chi connectivity index (χ1n) is 13.5. The van der Waals surface area contributed by atoms with Crippen LogP contribution < -0.4 is 0 Å². The number of carbonyl (C=O) groups excluding carboxylic acids is 1. The van der Waals surface area contributed by atoms with E-state index in [1.54, 1.807) is 0 Å². The highest BCUT2D eigenvalue weighted by Gasteiger charge is 2.72. The van der Waals surface area contributed by atoms with Crippen molar-refractivity contribution in [1.82, 2.24) is 0 Å². The Morgan fingerprint density at radius 1 is 0.971 bits per heavy atom. The molecule has 0 amide bonds. The number of carbonyl (C=O) groups is 1. The summed E-state index contributed by atoms with van der Waals surface area (Å²) in [6.45, 7) is 9.08. The lowest BCUT2D eigenvalue weighted by Gasteiger charge is -2.63. The third kappa shape index (κ3) is 2.77. The molecule has 4 saturated carbocycles. The Morgan fingerprint density at radius 3 is 2.38 bits per heavy atom. The topological polar surface area (TPSA) is 116 Å². The van der Waals surface area contributed by atoms with Crippen LogP contribution in [0.25, 0.3) is 0 Å². The molecule has 2 heterocycles. The van der Waals surface area contributed by atoms with Crippen molar-refractivity contribution in [2.75, 3.05) is 6.61 Å². The van der Waals surface area contributed by atoms with Crippen molar-refractivity contribution in [3.05, 3.63) is 0 Å². The summed E-state index contributed by atoms with van der Waals surface area (Å²) in [4.78, 5) is 13.5. The number of ketones is 1. The molecular weight excluding hydrogens is 436 g/mol. The molecule has 6 aliphatic rings. The second kappa shape index (κ2) is 7.26. The van der Waals surface area contributed by atoms with E-state index in [1.165, 1.54) is 0 Å². The Labute approximate surface area is 202 Å². The third-order valence-corrected chi connectivity index (χ3v) is 12.1. The van der Waals surface area contributed by atoms with Gasteiger partial charge in [-0.2, -0.15) is 0 Å². The fourth-order valence-corrected chi connectivity index (χ4v) is 10.1. The molecule has 2 saturated heterocycles. The highest BCUT2D eigenvalue weighted by Crippen LogP contribution is 2.71. The minimum Gasteiger partial charge on any atom is -0.393 e. The van der Waals surface area contributed by atoms with E-state index in [1.807, 2.05) is 13.8 Å². The van der Waals surface area contributed by atoms with Crippen LogP contribution in [-0.2, 0) is 14.3 Å². The molecule has 2 aliphatic heterocycles. The number of rotatable bonds is 0. The van der Waals surface area contributed by atoms with Gasteiger partial charge in [0.25, 0.3) is 0 Å². The van der Waals surface area contributed by atoms with Gasteiger partial charge in [0.2, 0.25) is 0 Å². The molecule has 7 nitrogen and oxygen atoms in total. The quantitative estimate of drug-likeness (QED) is 0.421. The number of hydrogen-bond acceptors (Lipinski definition) is 7. The van der Waals surface area contributed by atoms with E-state index < -0.39 is 35.1 Å². The lowest BCUT2D eigenvalue weighted by atomic mass is 9.42. The third-order valence-electron chi connectivity index (χ3n) is 12.1. The molecule has 0 bridgehead atoms. The predicted octanol–water partition coefficient (Wildman–Crippen LogP) is 2.03. The van der Waals surface area contributed by atoms with Gasteiger partial charge in [0.05, 0.1) is 31.0 Å². The summed E-state index contributed by atoms with van der Waals surface area (Å²) in [7, 11) is 0. The number of aliphatic hydroxyl groups excluding tert-OH is 3. The van der Waals surface area contributed by atoms with Gasteiger partial charge in [-0.15, -0.1) is 0 Å². The number of ether oxygens (including phenoxy) is 2. The zero-order valence-corrected chi connectivity index (χ0v) is 20.9. The van der Waals surface area contributed by atoms with Crippen LogP contribution in [-0.4, -0.2) is 68.6 Å². The lowest BCUT2D eigenvalue weighted by Crippen LogP contribution is -2.69. The van der Waals surface area contributed by atoms with Gasteiger partial charge in [-0.25, -0.2) is 0 Å². The smallest absolute Gasteiger partial charge is 0.174 e. The first-order chi connectivity index (χ1) is 15.9. The van der Waals surface area contributed by atoms with Crippen molar-refractivity contribution in [2.45, 2.75) is 108 Å². The van der Waals surface area contributed by atoms with E-state index in [0.717, 1.165) is 19.3 Å². The van der Waals surface area contributed by atoms with Crippen molar-refractivity contribution in [2.24, 2.45) is 46.3 Å². The number of hydrogen-bond donors (Lipinski definition) is 4. The highest BCUT2D eigenvalue weighted by molar-refractivity contribution is 5.89. The molecule has 6 rings (SSSR count). The van der Waals surface area contributed by atoms with Crippen LogP contribution >= 0.6 is 0 Å². The molecule has 0 aromatic carbocycles. The fraction of sp³-hybridized carbons (Fsp3) is 0.963. The predicted molar refractivity (Wildman–Crippen MR) is 122 cm³/mol. The summed E-state index contributed by atoms with van der Waals surface area (Å²) < 4.78 is 13.0. The van der Waals surface area contributed by atoms with Gasteiger partial charge in [0.15, 0.2) is 11.6 Å². The van der Waals surface area contributed by atoms with Crippen molar-refractivity contribution in [1.29, 1.82) is 0 Å². The molecule has 4 aliphatic carbocycles. The number of Topliss-reactive ketones (excluding diaryl/α,β-unsaturated/α-hetero) is 1. The zero-order valence-electron chi connectivity index (χ0n) is 20.9. The van der Waals surface area contributed by atoms with Crippen LogP contribution in [0.15, 0.2) is 0 Å². The fourth-order valence-electron chi connectivity index (χ4n) is 10.1. The van der Waals surface area contributed by atoms with Crippen molar-refractivity contribution >= 4 is 5.78 Å². The molecule has 4 N–H and O–H groups in total. The summed E-state index contributed by atoms with van der Waals surface area (Å²) in [5.41, 5.74) is -2.29. The van der Waals surface area contributed by atoms with Crippen LogP contribution in [0.3, 0.4) is 0 Å². The molecule has 7 heteroatoms. The molecule has 6 fully saturated rings. The first-order valence-corrected chi connectivity index (χ1v) is 13.5. The minimum atomic E-state index is -1.56. The van der Waals surface area contributed by atoms with Crippen molar-refractivity contribution in [3.8, 4) is 0 Å². The van der Waals surface area contributed by atoms with Gasteiger partial charge >= 0.3 is 0 Å².